The molecular weight excluding hydrogens is 344 g/mol. The third-order valence-electron chi connectivity index (χ3n) is 5.98. The van der Waals surface area contributed by atoms with Crippen LogP contribution in [0.5, 0.6) is 5.75 Å². The van der Waals surface area contributed by atoms with Crippen molar-refractivity contribution in [3.05, 3.63) is 89.5 Å². The number of benzene rings is 3. The number of hydrogen-bond acceptors (Lipinski definition) is 3. The first-order valence-electron chi connectivity index (χ1n) is 9.84. The van der Waals surface area contributed by atoms with Crippen LogP contribution < -0.4 is 4.74 Å². The Hall–Kier alpha value is -3.09. The van der Waals surface area contributed by atoms with Gasteiger partial charge in [-0.3, -0.25) is 4.90 Å². The first kappa shape index (κ1) is 17.0. The molecule has 3 aromatic carbocycles. The van der Waals surface area contributed by atoms with Gasteiger partial charge in [-0.15, -0.1) is 0 Å². The normalized spacial score (nSPS) is 20.7. The Bertz CT molecular complexity index is 1020. The Kier molecular flexibility index (Phi) is 4.35. The molecule has 5 rings (SSSR count). The largest absolute Gasteiger partial charge is 0.493 e. The van der Waals surface area contributed by atoms with Crippen molar-refractivity contribution in [1.29, 1.82) is 5.26 Å². The quantitative estimate of drug-likeness (QED) is 0.666. The van der Waals surface area contributed by atoms with Gasteiger partial charge in [-0.05, 0) is 34.9 Å². The predicted molar refractivity (Wildman–Crippen MR) is 110 cm³/mol. The molecule has 0 spiro atoms. The van der Waals surface area contributed by atoms with E-state index >= 15 is 0 Å². The smallest absolute Gasteiger partial charge is 0.122 e. The molecule has 3 nitrogen and oxygen atoms in total. The van der Waals surface area contributed by atoms with Gasteiger partial charge in [0.2, 0.25) is 0 Å². The van der Waals surface area contributed by atoms with Crippen molar-refractivity contribution in [2.45, 2.75) is 12.5 Å². The van der Waals surface area contributed by atoms with E-state index in [4.69, 9.17) is 4.74 Å². The third kappa shape index (κ3) is 3.17. The molecule has 3 aromatic rings. The molecule has 0 bridgehead atoms. The van der Waals surface area contributed by atoms with Crippen molar-refractivity contribution in [3.8, 4) is 22.9 Å². The van der Waals surface area contributed by atoms with Gasteiger partial charge in [0.25, 0.3) is 0 Å². The van der Waals surface area contributed by atoms with Gasteiger partial charge in [-0.2, -0.15) is 5.26 Å². The van der Waals surface area contributed by atoms with Crippen LogP contribution in [0.15, 0.2) is 72.8 Å². The Morgan fingerprint density at radius 2 is 1.71 bits per heavy atom. The van der Waals surface area contributed by atoms with E-state index in [1.807, 2.05) is 24.3 Å². The minimum Gasteiger partial charge on any atom is -0.493 e. The first-order valence-corrected chi connectivity index (χ1v) is 9.84. The average molecular weight is 366 g/mol. The van der Waals surface area contributed by atoms with Gasteiger partial charge < -0.3 is 4.74 Å². The molecule has 2 aliphatic rings. The van der Waals surface area contributed by atoms with Crippen molar-refractivity contribution in [2.75, 3.05) is 19.7 Å². The van der Waals surface area contributed by atoms with Gasteiger partial charge in [0.05, 0.1) is 18.2 Å². The highest BCUT2D eigenvalue weighted by atomic mass is 16.5. The van der Waals surface area contributed by atoms with E-state index in [0.29, 0.717) is 11.8 Å². The average Bonchev–Trinajstić information content (AvgIpc) is 3.17. The van der Waals surface area contributed by atoms with E-state index in [0.717, 1.165) is 37.6 Å². The van der Waals surface area contributed by atoms with Crippen LogP contribution in [-0.2, 0) is 6.54 Å². The summed E-state index contributed by atoms with van der Waals surface area (Å²) in [7, 11) is 0. The highest BCUT2D eigenvalue weighted by molar-refractivity contribution is 5.63. The summed E-state index contributed by atoms with van der Waals surface area (Å²) in [6.07, 6.45) is 0. The molecule has 0 aliphatic carbocycles. The highest BCUT2D eigenvalue weighted by Crippen LogP contribution is 2.42. The zero-order valence-electron chi connectivity index (χ0n) is 15.7. The monoisotopic (exact) mass is 366 g/mol. The van der Waals surface area contributed by atoms with Crippen LogP contribution in [0.3, 0.4) is 0 Å². The van der Waals surface area contributed by atoms with E-state index in [1.54, 1.807) is 0 Å². The summed E-state index contributed by atoms with van der Waals surface area (Å²) in [6.45, 7) is 3.79. The van der Waals surface area contributed by atoms with E-state index in [9.17, 15) is 5.26 Å². The summed E-state index contributed by atoms with van der Waals surface area (Å²) in [4.78, 5) is 2.52. The van der Waals surface area contributed by atoms with Crippen LogP contribution in [-0.4, -0.2) is 24.6 Å². The predicted octanol–water partition coefficient (Wildman–Crippen LogP) is 4.83. The van der Waals surface area contributed by atoms with Crippen LogP contribution >= 0.6 is 0 Å². The summed E-state index contributed by atoms with van der Waals surface area (Å²) < 4.78 is 5.96. The molecule has 0 N–H and O–H groups in total. The van der Waals surface area contributed by atoms with Crippen molar-refractivity contribution in [2.24, 2.45) is 5.92 Å². The highest BCUT2D eigenvalue weighted by Gasteiger charge is 2.38. The lowest BCUT2D eigenvalue weighted by Crippen LogP contribution is -2.25. The van der Waals surface area contributed by atoms with E-state index in [1.165, 1.54) is 22.3 Å². The van der Waals surface area contributed by atoms with Gasteiger partial charge in [-0.25, -0.2) is 0 Å². The SMILES string of the molecule is N#Cc1ccc2c(c1)C1CN(Cc3ccc(-c4ccccc4)cc3)CC1CO2. The summed E-state index contributed by atoms with van der Waals surface area (Å²) in [5.74, 6) is 1.92. The maximum Gasteiger partial charge on any atom is 0.122 e. The number of rotatable bonds is 3. The molecule has 0 aromatic heterocycles. The zero-order chi connectivity index (χ0) is 18.9. The maximum atomic E-state index is 9.23. The number of hydrogen-bond donors (Lipinski definition) is 0. The number of nitrogens with zero attached hydrogens (tertiary/aromatic N) is 2. The second kappa shape index (κ2) is 7.14. The van der Waals surface area contributed by atoms with Crippen molar-refractivity contribution < 1.29 is 4.74 Å². The van der Waals surface area contributed by atoms with E-state index in [-0.39, 0.29) is 0 Å². The van der Waals surface area contributed by atoms with Crippen LogP contribution in [0.1, 0.15) is 22.6 Å². The molecule has 0 radical (unpaired) electrons. The molecule has 0 amide bonds. The molecule has 1 fully saturated rings. The van der Waals surface area contributed by atoms with Gasteiger partial charge in [0.1, 0.15) is 5.75 Å². The fourth-order valence-electron chi connectivity index (χ4n) is 4.54. The fraction of sp³-hybridized carbons (Fsp3) is 0.240. The summed E-state index contributed by atoms with van der Waals surface area (Å²) >= 11 is 0. The maximum absolute atomic E-state index is 9.23. The molecule has 1 saturated heterocycles. The first-order chi connectivity index (χ1) is 13.8. The lowest BCUT2D eigenvalue weighted by Gasteiger charge is -2.27. The molecule has 2 heterocycles. The van der Waals surface area contributed by atoms with Crippen molar-refractivity contribution in [3.63, 3.8) is 0 Å². The zero-order valence-corrected chi connectivity index (χ0v) is 15.7. The molecule has 28 heavy (non-hydrogen) atoms. The van der Waals surface area contributed by atoms with Gasteiger partial charge >= 0.3 is 0 Å². The van der Waals surface area contributed by atoms with Gasteiger partial charge in [0.15, 0.2) is 0 Å². The molecule has 138 valence electrons. The molecular formula is C25H22N2O. The van der Waals surface area contributed by atoms with Crippen LogP contribution in [0.2, 0.25) is 0 Å². The summed E-state index contributed by atoms with van der Waals surface area (Å²) in [5.41, 5.74) is 5.77. The Morgan fingerprint density at radius 1 is 0.929 bits per heavy atom. The second-order valence-corrected chi connectivity index (χ2v) is 7.80. The number of nitriles is 1. The Balaban J connectivity index is 1.31. The van der Waals surface area contributed by atoms with Crippen LogP contribution in [0.25, 0.3) is 11.1 Å². The number of likely N-dealkylation sites (tertiary alicyclic amines) is 1. The minimum absolute atomic E-state index is 0.459. The molecule has 0 saturated carbocycles. The molecule has 2 atom stereocenters. The topological polar surface area (TPSA) is 36.3 Å². The second-order valence-electron chi connectivity index (χ2n) is 7.80. The molecule has 2 aliphatic heterocycles. The van der Waals surface area contributed by atoms with Crippen LogP contribution in [0.4, 0.5) is 0 Å². The minimum atomic E-state index is 0.459. The van der Waals surface area contributed by atoms with Crippen molar-refractivity contribution in [1.82, 2.24) is 4.90 Å². The van der Waals surface area contributed by atoms with Gasteiger partial charge in [-0.1, -0.05) is 54.6 Å². The lowest BCUT2D eigenvalue weighted by molar-refractivity contribution is 0.212. The number of fused-ring (bicyclic) bond motifs is 3. The van der Waals surface area contributed by atoms with Gasteiger partial charge in [0, 0.05) is 37.0 Å². The standard InChI is InChI=1S/C25H22N2O/c26-13-19-8-11-25-23(12-19)24-16-27(15-22(24)17-28-25)14-18-6-9-21(10-7-18)20-4-2-1-3-5-20/h1-12,22,24H,14-17H2. The lowest BCUT2D eigenvalue weighted by atomic mass is 9.86. The van der Waals surface area contributed by atoms with E-state index < -0.39 is 0 Å². The summed E-state index contributed by atoms with van der Waals surface area (Å²) in [5, 5.41) is 9.23. The molecule has 3 heteroatoms. The van der Waals surface area contributed by atoms with Crippen molar-refractivity contribution >= 4 is 0 Å². The Labute approximate surface area is 165 Å². The number of ether oxygens (including phenoxy) is 1. The van der Waals surface area contributed by atoms with Crippen LogP contribution in [0, 0.1) is 17.2 Å². The summed E-state index contributed by atoms with van der Waals surface area (Å²) in [6, 6.07) is 27.5. The molecule has 2 unspecified atom stereocenters. The third-order valence-corrected chi connectivity index (χ3v) is 5.98. The fourth-order valence-corrected chi connectivity index (χ4v) is 4.54. The van der Waals surface area contributed by atoms with E-state index in [2.05, 4.69) is 59.5 Å². The Morgan fingerprint density at radius 3 is 2.50 bits per heavy atom.